The number of carbonyl (C=O) groups is 1. The summed E-state index contributed by atoms with van der Waals surface area (Å²) in [6, 6.07) is 12.5. The Hall–Kier alpha value is -3.53. The lowest BCUT2D eigenvalue weighted by Gasteiger charge is -2.18. The van der Waals surface area contributed by atoms with E-state index in [1.165, 1.54) is 13.2 Å². The van der Waals surface area contributed by atoms with Gasteiger partial charge in [-0.25, -0.2) is 0 Å². The van der Waals surface area contributed by atoms with Gasteiger partial charge in [-0.05, 0) is 35.0 Å². The molecule has 2 aliphatic rings. The predicted molar refractivity (Wildman–Crippen MR) is 127 cm³/mol. The van der Waals surface area contributed by atoms with Crippen molar-refractivity contribution in [3.8, 4) is 17.0 Å². The number of aliphatic hydroxyl groups excluding tert-OH is 2. The molecule has 0 radical (unpaired) electrons. The molecule has 0 aliphatic carbocycles. The zero-order valence-electron chi connectivity index (χ0n) is 18.4. The van der Waals surface area contributed by atoms with Crippen LogP contribution in [0.2, 0.25) is 5.02 Å². The number of halogens is 1. The van der Waals surface area contributed by atoms with Crippen LogP contribution in [0.15, 0.2) is 47.0 Å². The van der Waals surface area contributed by atoms with E-state index in [2.05, 4.69) is 15.4 Å². The highest BCUT2D eigenvalue weighted by molar-refractivity contribution is 6.38. The summed E-state index contributed by atoms with van der Waals surface area (Å²) in [5.41, 5.74) is 3.51. The fraction of sp³-hybridized carbons (Fsp3) is 0.250. The summed E-state index contributed by atoms with van der Waals surface area (Å²) in [6.07, 6.45) is -0.763. The van der Waals surface area contributed by atoms with E-state index in [1.807, 2.05) is 24.3 Å². The van der Waals surface area contributed by atoms with Crippen molar-refractivity contribution in [1.82, 2.24) is 5.16 Å². The number of anilines is 2. The summed E-state index contributed by atoms with van der Waals surface area (Å²) < 4.78 is 15.4. The van der Waals surface area contributed by atoms with Crippen molar-refractivity contribution in [2.24, 2.45) is 0 Å². The van der Waals surface area contributed by atoms with E-state index in [1.54, 1.807) is 19.2 Å². The fourth-order valence-corrected chi connectivity index (χ4v) is 4.56. The van der Waals surface area contributed by atoms with Gasteiger partial charge < -0.3 is 34.4 Å². The third-order valence-corrected chi connectivity index (χ3v) is 6.42. The zero-order valence-corrected chi connectivity index (χ0v) is 19.2. The van der Waals surface area contributed by atoms with Gasteiger partial charge in [0, 0.05) is 37.0 Å². The van der Waals surface area contributed by atoms with Gasteiger partial charge in [0.25, 0.3) is 11.8 Å². The number of hydrogen-bond donors (Lipinski definition) is 3. The minimum atomic E-state index is -0.539. The third-order valence-electron chi connectivity index (χ3n) is 6.10. The van der Waals surface area contributed by atoms with Gasteiger partial charge in [0.05, 0.1) is 35.6 Å². The highest BCUT2D eigenvalue weighted by Gasteiger charge is 2.32. The second kappa shape index (κ2) is 8.68. The van der Waals surface area contributed by atoms with Gasteiger partial charge >= 0.3 is 0 Å². The Morgan fingerprint density at radius 2 is 1.94 bits per heavy atom. The molecule has 2 aliphatic heterocycles. The molecular weight excluding hydrogens is 462 g/mol. The van der Waals surface area contributed by atoms with E-state index >= 15 is 0 Å². The number of aromatic nitrogens is 1. The Kier molecular flexibility index (Phi) is 5.68. The van der Waals surface area contributed by atoms with E-state index in [9.17, 15) is 15.0 Å². The first kappa shape index (κ1) is 22.3. The van der Waals surface area contributed by atoms with Gasteiger partial charge in [0.15, 0.2) is 5.76 Å². The maximum atomic E-state index is 12.6. The largest absolute Gasteiger partial charge is 0.504 e. The molecule has 2 aromatic carbocycles. The zero-order chi connectivity index (χ0) is 24.0. The van der Waals surface area contributed by atoms with Crippen molar-refractivity contribution in [2.45, 2.75) is 12.2 Å². The van der Waals surface area contributed by atoms with Crippen LogP contribution in [0.3, 0.4) is 0 Å². The normalized spacial score (nSPS) is 20.9. The number of aliphatic hydroxyl groups is 2. The van der Waals surface area contributed by atoms with E-state index in [0.29, 0.717) is 34.9 Å². The van der Waals surface area contributed by atoms with Gasteiger partial charge in [-0.2, -0.15) is 0 Å². The van der Waals surface area contributed by atoms with Gasteiger partial charge in [-0.3, -0.25) is 4.79 Å². The molecule has 1 aromatic heterocycles. The monoisotopic (exact) mass is 483 g/mol. The quantitative estimate of drug-likeness (QED) is 0.372. The lowest BCUT2D eigenvalue weighted by molar-refractivity contribution is -0.110. The number of ether oxygens (including phenoxy) is 2. The summed E-state index contributed by atoms with van der Waals surface area (Å²) in [4.78, 5) is 14.7. The van der Waals surface area contributed by atoms with Crippen molar-refractivity contribution in [2.75, 3.05) is 37.5 Å². The van der Waals surface area contributed by atoms with Crippen LogP contribution in [0.4, 0.5) is 11.4 Å². The Morgan fingerprint density at radius 3 is 2.59 bits per heavy atom. The van der Waals surface area contributed by atoms with Crippen LogP contribution >= 0.6 is 11.6 Å². The van der Waals surface area contributed by atoms with Crippen LogP contribution in [-0.2, 0) is 9.53 Å². The van der Waals surface area contributed by atoms with E-state index in [0.717, 1.165) is 11.3 Å². The molecule has 3 heterocycles. The van der Waals surface area contributed by atoms with Gasteiger partial charge in [-0.1, -0.05) is 23.7 Å². The molecule has 2 atom stereocenters. The number of carbonyl (C=O) groups excluding carboxylic acids is 1. The molecule has 3 N–H and O–H groups in total. The lowest BCUT2D eigenvalue weighted by atomic mass is 9.98. The number of amides is 1. The smallest absolute Gasteiger partial charge is 0.260 e. The van der Waals surface area contributed by atoms with Gasteiger partial charge in [-0.15, -0.1) is 0 Å². The molecule has 0 saturated carbocycles. The topological polar surface area (TPSA) is 117 Å². The molecule has 1 saturated heterocycles. The molecular formula is C24H22ClN3O6. The van der Waals surface area contributed by atoms with Crippen LogP contribution in [0.1, 0.15) is 11.3 Å². The SMILES string of the molecule is COc1cc(C(O)=C2C(=O)Nc3cc(Cl)c(-c4ccc(N5C[C@H](OC)[C@@H](O)C5)cc4)cc32)on1. The minimum Gasteiger partial charge on any atom is -0.504 e. The highest BCUT2D eigenvalue weighted by atomic mass is 35.5. The number of rotatable bonds is 5. The molecule has 1 fully saturated rings. The number of hydrogen-bond acceptors (Lipinski definition) is 8. The van der Waals surface area contributed by atoms with Crippen molar-refractivity contribution in [3.63, 3.8) is 0 Å². The highest BCUT2D eigenvalue weighted by Crippen LogP contribution is 2.42. The van der Waals surface area contributed by atoms with Crippen LogP contribution in [0, 0.1) is 0 Å². The van der Waals surface area contributed by atoms with Crippen molar-refractivity contribution < 1.29 is 29.0 Å². The number of fused-ring (bicyclic) bond motifs is 1. The van der Waals surface area contributed by atoms with Crippen LogP contribution in [0.25, 0.3) is 22.5 Å². The maximum absolute atomic E-state index is 12.6. The number of β-amino-alcohol motifs (C(OH)–C–C–N with tert-alkyl or cyclic N) is 1. The minimum absolute atomic E-state index is 0.0119. The average molecular weight is 484 g/mol. The van der Waals surface area contributed by atoms with E-state index in [-0.39, 0.29) is 29.1 Å². The van der Waals surface area contributed by atoms with Crippen molar-refractivity contribution in [3.05, 3.63) is 58.8 Å². The van der Waals surface area contributed by atoms with Gasteiger partial charge in [0.2, 0.25) is 5.76 Å². The third kappa shape index (κ3) is 3.77. The molecule has 5 rings (SSSR count). The Balaban J connectivity index is 1.49. The van der Waals surface area contributed by atoms with Crippen LogP contribution in [-0.4, -0.2) is 60.8 Å². The summed E-state index contributed by atoms with van der Waals surface area (Å²) >= 11 is 6.55. The molecule has 9 nitrogen and oxygen atoms in total. The molecule has 0 unspecified atom stereocenters. The second-order valence-electron chi connectivity index (χ2n) is 8.08. The second-order valence-corrected chi connectivity index (χ2v) is 8.49. The van der Waals surface area contributed by atoms with E-state index in [4.69, 9.17) is 25.6 Å². The fourth-order valence-electron chi connectivity index (χ4n) is 4.29. The Bertz CT molecular complexity index is 1290. The Labute approximate surface area is 200 Å². The molecule has 0 bridgehead atoms. The number of nitrogens with one attached hydrogen (secondary N) is 1. The van der Waals surface area contributed by atoms with E-state index < -0.39 is 12.0 Å². The molecule has 34 heavy (non-hydrogen) atoms. The number of benzene rings is 2. The van der Waals surface area contributed by atoms with Crippen molar-refractivity contribution >= 4 is 40.2 Å². The maximum Gasteiger partial charge on any atom is 0.260 e. The van der Waals surface area contributed by atoms with Crippen LogP contribution < -0.4 is 15.0 Å². The molecule has 0 spiro atoms. The predicted octanol–water partition coefficient (Wildman–Crippen LogP) is 3.58. The van der Waals surface area contributed by atoms with Crippen LogP contribution in [0.5, 0.6) is 5.88 Å². The summed E-state index contributed by atoms with van der Waals surface area (Å²) in [6.45, 7) is 1.09. The molecule has 10 heteroatoms. The average Bonchev–Trinajstić information content (AvgIpc) is 3.54. The standard InChI is InChI=1S/C24H22ClN3O6/c1-32-20-11-28(10-18(20)29)13-5-3-12(4-6-13)14-7-15-17(8-16(14)25)26-24(31)22(15)23(30)19-9-21(33-2)27-34-19/h3-9,18,20,29-30H,10-11H2,1-2H3,(H,26,31)/t18-,20-/m0/s1. The Morgan fingerprint density at radius 1 is 1.18 bits per heavy atom. The first-order chi connectivity index (χ1) is 16.4. The van der Waals surface area contributed by atoms with Gasteiger partial charge in [0.1, 0.15) is 6.10 Å². The number of methoxy groups -OCH3 is 2. The number of nitrogens with zero attached hydrogens (tertiary/aromatic N) is 2. The lowest BCUT2D eigenvalue weighted by Crippen LogP contribution is -2.25. The van der Waals surface area contributed by atoms with Crippen molar-refractivity contribution in [1.29, 1.82) is 0 Å². The first-order valence-electron chi connectivity index (χ1n) is 10.6. The summed E-state index contributed by atoms with van der Waals surface area (Å²) in [5.74, 6) is -0.638. The molecule has 1 amide bonds. The molecule has 3 aromatic rings. The summed E-state index contributed by atoms with van der Waals surface area (Å²) in [5, 5.41) is 27.7. The summed E-state index contributed by atoms with van der Waals surface area (Å²) in [7, 11) is 3.01. The molecule has 176 valence electrons. The first-order valence-corrected chi connectivity index (χ1v) is 10.9.